The zero-order valence-electron chi connectivity index (χ0n) is 4.75. The Labute approximate surface area is 47.1 Å². The zero-order valence-corrected chi connectivity index (χ0v) is 4.75. The van der Waals surface area contributed by atoms with E-state index in [1.54, 1.807) is 7.05 Å². The molecule has 1 aliphatic rings. The molecule has 0 aromatic rings. The van der Waals surface area contributed by atoms with Crippen molar-refractivity contribution in [2.24, 2.45) is 5.92 Å². The number of hydrogen-bond donors (Lipinski definition) is 1. The standard InChI is InChI=1S/C5H9F2N/c1-8-3-4-2-5(4,6)7/h4,8H,2-3H2,1H3/t4-/m1/s1. The number of rotatable bonds is 2. The number of halogens is 2. The fourth-order valence-corrected chi connectivity index (χ4v) is 0.737. The van der Waals surface area contributed by atoms with Gasteiger partial charge in [0.25, 0.3) is 5.92 Å². The van der Waals surface area contributed by atoms with Gasteiger partial charge < -0.3 is 5.32 Å². The fraction of sp³-hybridized carbons (Fsp3) is 1.00. The summed E-state index contributed by atoms with van der Waals surface area (Å²) in [6.07, 6.45) is 0.0772. The topological polar surface area (TPSA) is 12.0 Å². The minimum Gasteiger partial charge on any atom is -0.319 e. The maximum Gasteiger partial charge on any atom is 0.252 e. The Morgan fingerprint density at radius 3 is 2.38 bits per heavy atom. The smallest absolute Gasteiger partial charge is 0.252 e. The maximum atomic E-state index is 11.9. The average Bonchev–Trinajstić information content (AvgIpc) is 2.15. The lowest BCUT2D eigenvalue weighted by molar-refractivity contribution is 0.0991. The Morgan fingerprint density at radius 2 is 2.25 bits per heavy atom. The summed E-state index contributed by atoms with van der Waals surface area (Å²) in [5.41, 5.74) is 0. The Bertz CT molecular complexity index is 92.4. The lowest BCUT2D eigenvalue weighted by Gasteiger charge is -1.93. The van der Waals surface area contributed by atoms with Gasteiger partial charge in [-0.1, -0.05) is 0 Å². The molecule has 8 heavy (non-hydrogen) atoms. The van der Waals surface area contributed by atoms with Gasteiger partial charge in [-0.05, 0) is 7.05 Å². The Hall–Kier alpha value is -0.180. The van der Waals surface area contributed by atoms with Crippen molar-refractivity contribution in [3.8, 4) is 0 Å². The Morgan fingerprint density at radius 1 is 1.75 bits per heavy atom. The van der Waals surface area contributed by atoms with E-state index in [4.69, 9.17) is 0 Å². The van der Waals surface area contributed by atoms with Crippen molar-refractivity contribution >= 4 is 0 Å². The normalized spacial score (nSPS) is 32.6. The first-order valence-electron chi connectivity index (χ1n) is 2.69. The second-order valence-corrected chi connectivity index (χ2v) is 2.22. The van der Waals surface area contributed by atoms with Crippen molar-refractivity contribution in [3.63, 3.8) is 0 Å². The highest BCUT2D eigenvalue weighted by molar-refractivity contribution is 4.95. The molecule has 1 nitrogen and oxygen atoms in total. The quantitative estimate of drug-likeness (QED) is 0.571. The molecule has 3 heteroatoms. The highest BCUT2D eigenvalue weighted by Crippen LogP contribution is 2.47. The van der Waals surface area contributed by atoms with Crippen LogP contribution in [0.15, 0.2) is 0 Å². The molecule has 0 spiro atoms. The minimum absolute atomic E-state index is 0.0772. The van der Waals surface area contributed by atoms with E-state index in [1.165, 1.54) is 0 Å². The van der Waals surface area contributed by atoms with Gasteiger partial charge in [-0.2, -0.15) is 0 Å². The summed E-state index contributed by atoms with van der Waals surface area (Å²) in [6, 6.07) is 0. The molecular formula is C5H9F2N. The summed E-state index contributed by atoms with van der Waals surface area (Å²) in [6.45, 7) is 0.451. The van der Waals surface area contributed by atoms with E-state index in [2.05, 4.69) is 5.32 Å². The van der Waals surface area contributed by atoms with E-state index in [1.807, 2.05) is 0 Å². The van der Waals surface area contributed by atoms with Crippen LogP contribution in [0.2, 0.25) is 0 Å². The first kappa shape index (κ1) is 5.95. The largest absolute Gasteiger partial charge is 0.319 e. The van der Waals surface area contributed by atoms with Gasteiger partial charge in [-0.3, -0.25) is 0 Å². The van der Waals surface area contributed by atoms with Crippen LogP contribution in [-0.4, -0.2) is 19.5 Å². The molecular weight excluding hydrogens is 112 g/mol. The van der Waals surface area contributed by atoms with Crippen LogP contribution in [0.5, 0.6) is 0 Å². The molecule has 0 unspecified atom stereocenters. The van der Waals surface area contributed by atoms with Crippen molar-refractivity contribution in [2.75, 3.05) is 13.6 Å². The first-order valence-corrected chi connectivity index (χ1v) is 2.69. The average molecular weight is 121 g/mol. The van der Waals surface area contributed by atoms with E-state index in [0.717, 1.165) is 0 Å². The van der Waals surface area contributed by atoms with Crippen molar-refractivity contribution < 1.29 is 8.78 Å². The van der Waals surface area contributed by atoms with Crippen LogP contribution < -0.4 is 5.32 Å². The SMILES string of the molecule is CNC[C@H]1CC1(F)F. The molecule has 1 atom stereocenters. The highest BCUT2D eigenvalue weighted by atomic mass is 19.3. The monoisotopic (exact) mass is 121 g/mol. The molecule has 0 heterocycles. The summed E-state index contributed by atoms with van der Waals surface area (Å²) in [5, 5.41) is 2.71. The van der Waals surface area contributed by atoms with Crippen molar-refractivity contribution in [2.45, 2.75) is 12.3 Å². The van der Waals surface area contributed by atoms with E-state index in [-0.39, 0.29) is 12.3 Å². The second-order valence-electron chi connectivity index (χ2n) is 2.22. The molecule has 0 aromatic carbocycles. The van der Waals surface area contributed by atoms with Crippen LogP contribution in [0.4, 0.5) is 8.78 Å². The minimum atomic E-state index is -2.34. The third-order valence-electron chi connectivity index (χ3n) is 1.41. The van der Waals surface area contributed by atoms with Gasteiger partial charge in [0.1, 0.15) is 0 Å². The molecule has 0 aromatic heterocycles. The van der Waals surface area contributed by atoms with E-state index >= 15 is 0 Å². The summed E-state index contributed by atoms with van der Waals surface area (Å²) in [7, 11) is 1.69. The second kappa shape index (κ2) is 1.65. The molecule has 0 radical (unpaired) electrons. The van der Waals surface area contributed by atoms with E-state index in [9.17, 15) is 8.78 Å². The summed E-state index contributed by atoms with van der Waals surface area (Å²) < 4.78 is 23.9. The van der Waals surface area contributed by atoms with Gasteiger partial charge in [0, 0.05) is 18.9 Å². The lowest BCUT2D eigenvalue weighted by atomic mass is 10.4. The molecule has 0 bridgehead atoms. The molecule has 0 saturated heterocycles. The van der Waals surface area contributed by atoms with Gasteiger partial charge in [0.15, 0.2) is 0 Å². The fourth-order valence-electron chi connectivity index (χ4n) is 0.737. The third kappa shape index (κ3) is 0.968. The van der Waals surface area contributed by atoms with Crippen LogP contribution >= 0.6 is 0 Å². The Kier molecular flexibility index (Phi) is 1.23. The van der Waals surface area contributed by atoms with E-state index < -0.39 is 5.92 Å². The molecule has 1 N–H and O–H groups in total. The zero-order chi connectivity index (χ0) is 6.20. The first-order chi connectivity index (χ1) is 3.67. The highest BCUT2D eigenvalue weighted by Gasteiger charge is 2.55. The van der Waals surface area contributed by atoms with E-state index in [0.29, 0.717) is 6.54 Å². The van der Waals surface area contributed by atoms with Crippen molar-refractivity contribution in [3.05, 3.63) is 0 Å². The summed E-state index contributed by atoms with van der Waals surface area (Å²) in [5.74, 6) is -2.73. The number of hydrogen-bond acceptors (Lipinski definition) is 1. The van der Waals surface area contributed by atoms with Crippen LogP contribution in [0.25, 0.3) is 0 Å². The third-order valence-corrected chi connectivity index (χ3v) is 1.41. The van der Waals surface area contributed by atoms with Crippen molar-refractivity contribution in [1.29, 1.82) is 0 Å². The maximum absolute atomic E-state index is 11.9. The molecule has 0 amide bonds. The van der Waals surface area contributed by atoms with Crippen LogP contribution in [0.3, 0.4) is 0 Å². The predicted molar refractivity (Wildman–Crippen MR) is 27.0 cm³/mol. The van der Waals surface area contributed by atoms with Crippen LogP contribution in [0.1, 0.15) is 6.42 Å². The van der Waals surface area contributed by atoms with Crippen LogP contribution in [0, 0.1) is 5.92 Å². The predicted octanol–water partition coefficient (Wildman–Crippen LogP) is 0.861. The number of alkyl halides is 2. The molecule has 1 aliphatic carbocycles. The molecule has 0 aliphatic heterocycles. The van der Waals surface area contributed by atoms with Gasteiger partial charge in [-0.15, -0.1) is 0 Å². The van der Waals surface area contributed by atoms with Gasteiger partial charge in [0.2, 0.25) is 0 Å². The Balaban J connectivity index is 2.17. The molecule has 1 rings (SSSR count). The van der Waals surface area contributed by atoms with Crippen LogP contribution in [-0.2, 0) is 0 Å². The van der Waals surface area contributed by atoms with Gasteiger partial charge in [-0.25, -0.2) is 8.78 Å². The summed E-state index contributed by atoms with van der Waals surface area (Å²) in [4.78, 5) is 0. The molecule has 1 fully saturated rings. The molecule has 48 valence electrons. The molecule has 1 saturated carbocycles. The lowest BCUT2D eigenvalue weighted by Crippen LogP contribution is -2.13. The van der Waals surface area contributed by atoms with Gasteiger partial charge in [0.05, 0.1) is 0 Å². The summed E-state index contributed by atoms with van der Waals surface area (Å²) >= 11 is 0. The number of nitrogens with one attached hydrogen (secondary N) is 1. The van der Waals surface area contributed by atoms with Crippen molar-refractivity contribution in [1.82, 2.24) is 5.32 Å². The van der Waals surface area contributed by atoms with Gasteiger partial charge >= 0.3 is 0 Å².